The second-order valence-corrected chi connectivity index (χ2v) is 9.78. The average Bonchev–Trinajstić information content (AvgIpc) is 3.36. The van der Waals surface area contributed by atoms with Gasteiger partial charge in [0.1, 0.15) is 5.25 Å². The first-order valence-corrected chi connectivity index (χ1v) is 12.3. The minimum atomic E-state index is -0.448. The number of carbonyl (C=O) groups excluding carboxylic acids is 2. The van der Waals surface area contributed by atoms with Gasteiger partial charge in [0.05, 0.1) is 4.88 Å². The van der Waals surface area contributed by atoms with Crippen LogP contribution in [0.3, 0.4) is 0 Å². The summed E-state index contributed by atoms with van der Waals surface area (Å²) >= 11 is 2.85. The molecule has 33 heavy (non-hydrogen) atoms. The quantitative estimate of drug-likeness (QED) is 0.282. The number of thioether (sulfide) groups is 1. The lowest BCUT2D eigenvalue weighted by Gasteiger charge is -2.18. The Kier molecular flexibility index (Phi) is 7.27. The highest BCUT2D eigenvalue weighted by molar-refractivity contribution is 8.00. The smallest absolute Gasteiger partial charge is 0.265 e. The van der Waals surface area contributed by atoms with Crippen molar-refractivity contribution in [2.75, 3.05) is 10.6 Å². The van der Waals surface area contributed by atoms with Gasteiger partial charge in [-0.05, 0) is 72.3 Å². The van der Waals surface area contributed by atoms with Crippen molar-refractivity contribution in [3.8, 4) is 0 Å². The third-order valence-corrected chi connectivity index (χ3v) is 7.32. The predicted molar refractivity (Wildman–Crippen MR) is 138 cm³/mol. The minimum Gasteiger partial charge on any atom is -0.325 e. The number of aryl methyl sites for hydroxylation is 2. The summed E-state index contributed by atoms with van der Waals surface area (Å²) in [5, 5.41) is 7.43. The average molecular weight is 473 g/mol. The summed E-state index contributed by atoms with van der Waals surface area (Å²) in [7, 11) is 0. The Morgan fingerprint density at radius 3 is 2.30 bits per heavy atom. The molecule has 0 aliphatic carbocycles. The van der Waals surface area contributed by atoms with Crippen molar-refractivity contribution in [1.82, 2.24) is 0 Å². The zero-order valence-corrected chi connectivity index (χ0v) is 20.0. The summed E-state index contributed by atoms with van der Waals surface area (Å²) in [6.45, 7) is 4.08. The molecule has 0 saturated carbocycles. The highest BCUT2D eigenvalue weighted by Crippen LogP contribution is 2.37. The molecule has 0 aliphatic rings. The van der Waals surface area contributed by atoms with Gasteiger partial charge in [-0.3, -0.25) is 9.59 Å². The standard InChI is InChI=1S/C27H24N2O2S2/c1-18-13-14-22(16-19(18)2)29-27(31)25(20-8-4-3-5-9-20)33-23-11-6-10-21(17-23)28-26(30)24-12-7-15-32-24/h3-17,25H,1-2H3,(H,28,30)(H,29,31). The molecule has 0 fully saturated rings. The van der Waals surface area contributed by atoms with Gasteiger partial charge in [-0.1, -0.05) is 48.5 Å². The molecule has 4 aromatic rings. The molecular weight excluding hydrogens is 448 g/mol. The zero-order valence-electron chi connectivity index (χ0n) is 18.4. The molecule has 0 saturated heterocycles. The van der Waals surface area contributed by atoms with Gasteiger partial charge in [0.25, 0.3) is 5.91 Å². The molecule has 1 heterocycles. The normalized spacial score (nSPS) is 11.6. The number of rotatable bonds is 7. The fourth-order valence-corrected chi connectivity index (χ4v) is 5.01. The van der Waals surface area contributed by atoms with Crippen molar-refractivity contribution in [3.05, 3.63) is 112 Å². The third-order valence-electron chi connectivity index (χ3n) is 5.21. The van der Waals surface area contributed by atoms with Crippen LogP contribution in [-0.4, -0.2) is 11.8 Å². The SMILES string of the molecule is Cc1ccc(NC(=O)C(Sc2cccc(NC(=O)c3cccs3)c2)c2ccccc2)cc1C. The van der Waals surface area contributed by atoms with E-state index in [9.17, 15) is 9.59 Å². The van der Waals surface area contributed by atoms with E-state index in [0.717, 1.165) is 21.7 Å². The van der Waals surface area contributed by atoms with E-state index in [-0.39, 0.29) is 11.8 Å². The Balaban J connectivity index is 1.55. The lowest BCUT2D eigenvalue weighted by Crippen LogP contribution is -2.19. The van der Waals surface area contributed by atoms with Crippen molar-refractivity contribution < 1.29 is 9.59 Å². The molecule has 1 atom stereocenters. The molecule has 2 amide bonds. The number of carbonyl (C=O) groups is 2. The molecule has 2 N–H and O–H groups in total. The van der Waals surface area contributed by atoms with Crippen molar-refractivity contribution in [2.45, 2.75) is 24.0 Å². The van der Waals surface area contributed by atoms with E-state index >= 15 is 0 Å². The molecule has 4 nitrogen and oxygen atoms in total. The van der Waals surface area contributed by atoms with E-state index in [1.165, 1.54) is 28.7 Å². The van der Waals surface area contributed by atoms with Crippen molar-refractivity contribution in [2.24, 2.45) is 0 Å². The molecule has 0 radical (unpaired) electrons. The van der Waals surface area contributed by atoms with Crippen LogP contribution in [0.5, 0.6) is 0 Å². The second kappa shape index (κ2) is 10.5. The highest BCUT2D eigenvalue weighted by atomic mass is 32.2. The molecule has 0 aliphatic heterocycles. The van der Waals surface area contributed by atoms with E-state index < -0.39 is 5.25 Å². The Morgan fingerprint density at radius 1 is 0.788 bits per heavy atom. The summed E-state index contributed by atoms with van der Waals surface area (Å²) in [5.41, 5.74) is 4.70. The number of hydrogen-bond donors (Lipinski definition) is 2. The van der Waals surface area contributed by atoms with E-state index in [0.29, 0.717) is 10.6 Å². The molecule has 4 rings (SSSR count). The monoisotopic (exact) mass is 472 g/mol. The van der Waals surface area contributed by atoms with Gasteiger partial charge >= 0.3 is 0 Å². The van der Waals surface area contributed by atoms with Crippen LogP contribution in [0.1, 0.15) is 31.6 Å². The zero-order chi connectivity index (χ0) is 23.2. The van der Waals surface area contributed by atoms with Crippen molar-refractivity contribution >= 4 is 46.3 Å². The largest absolute Gasteiger partial charge is 0.325 e. The van der Waals surface area contributed by atoms with E-state index in [2.05, 4.69) is 10.6 Å². The number of anilines is 2. The summed E-state index contributed by atoms with van der Waals surface area (Å²) in [4.78, 5) is 27.3. The maximum atomic E-state index is 13.3. The van der Waals surface area contributed by atoms with Gasteiger partial charge < -0.3 is 10.6 Å². The van der Waals surface area contributed by atoms with Gasteiger partial charge in [-0.15, -0.1) is 23.1 Å². The molecule has 1 unspecified atom stereocenters. The predicted octanol–water partition coefficient (Wildman–Crippen LogP) is 7.09. The summed E-state index contributed by atoms with van der Waals surface area (Å²) in [6.07, 6.45) is 0. The highest BCUT2D eigenvalue weighted by Gasteiger charge is 2.22. The first kappa shape index (κ1) is 22.8. The van der Waals surface area contributed by atoms with E-state index in [1.54, 1.807) is 6.07 Å². The van der Waals surface area contributed by atoms with Crippen LogP contribution in [0.25, 0.3) is 0 Å². The molecule has 1 aromatic heterocycles. The number of benzene rings is 3. The van der Waals surface area contributed by atoms with Crippen LogP contribution in [-0.2, 0) is 4.79 Å². The van der Waals surface area contributed by atoms with Gasteiger partial charge in [0, 0.05) is 16.3 Å². The van der Waals surface area contributed by atoms with Gasteiger partial charge in [0.2, 0.25) is 5.91 Å². The Bertz CT molecular complexity index is 1250. The molecule has 6 heteroatoms. The van der Waals surface area contributed by atoms with Gasteiger partial charge in [-0.2, -0.15) is 0 Å². The van der Waals surface area contributed by atoms with Crippen LogP contribution < -0.4 is 10.6 Å². The maximum Gasteiger partial charge on any atom is 0.265 e. The summed E-state index contributed by atoms with van der Waals surface area (Å²) in [5.74, 6) is -0.235. The molecule has 3 aromatic carbocycles. The number of amides is 2. The lowest BCUT2D eigenvalue weighted by molar-refractivity contribution is -0.115. The maximum absolute atomic E-state index is 13.3. The van der Waals surface area contributed by atoms with Crippen LogP contribution in [0.2, 0.25) is 0 Å². The fraction of sp³-hybridized carbons (Fsp3) is 0.111. The summed E-state index contributed by atoms with van der Waals surface area (Å²) in [6, 6.07) is 26.9. The van der Waals surface area contributed by atoms with Crippen LogP contribution >= 0.6 is 23.1 Å². The first-order chi connectivity index (χ1) is 16.0. The van der Waals surface area contributed by atoms with Crippen LogP contribution in [0.4, 0.5) is 11.4 Å². The van der Waals surface area contributed by atoms with Crippen molar-refractivity contribution in [1.29, 1.82) is 0 Å². The summed E-state index contributed by atoms with van der Waals surface area (Å²) < 4.78 is 0. The second-order valence-electron chi connectivity index (χ2n) is 7.66. The number of nitrogens with one attached hydrogen (secondary N) is 2. The lowest BCUT2D eigenvalue weighted by atomic mass is 10.1. The first-order valence-electron chi connectivity index (χ1n) is 10.5. The van der Waals surface area contributed by atoms with E-state index in [4.69, 9.17) is 0 Å². The molecule has 0 bridgehead atoms. The van der Waals surface area contributed by atoms with Crippen LogP contribution in [0, 0.1) is 13.8 Å². The topological polar surface area (TPSA) is 58.2 Å². The van der Waals surface area contributed by atoms with Crippen LogP contribution in [0.15, 0.2) is 95.2 Å². The third kappa shape index (κ3) is 5.92. The van der Waals surface area contributed by atoms with Crippen molar-refractivity contribution in [3.63, 3.8) is 0 Å². The Morgan fingerprint density at radius 2 is 1.58 bits per heavy atom. The van der Waals surface area contributed by atoms with Gasteiger partial charge in [0.15, 0.2) is 0 Å². The van der Waals surface area contributed by atoms with E-state index in [1.807, 2.05) is 98.1 Å². The number of hydrogen-bond acceptors (Lipinski definition) is 4. The number of thiophene rings is 1. The van der Waals surface area contributed by atoms with Gasteiger partial charge in [-0.25, -0.2) is 0 Å². The Labute approximate surface area is 202 Å². The minimum absolute atomic E-state index is 0.0949. The Hall–Kier alpha value is -3.35. The molecular formula is C27H24N2O2S2. The molecule has 0 spiro atoms. The fourth-order valence-electron chi connectivity index (χ4n) is 3.31. The molecule has 166 valence electrons.